The first kappa shape index (κ1) is 18.8. The van der Waals surface area contributed by atoms with Crippen LogP contribution in [0.15, 0.2) is 34.9 Å². The maximum absolute atomic E-state index is 12.7. The van der Waals surface area contributed by atoms with Crippen molar-refractivity contribution in [2.45, 2.75) is 46.2 Å². The van der Waals surface area contributed by atoms with E-state index in [1.54, 1.807) is 19.1 Å². The lowest BCUT2D eigenvalue weighted by atomic mass is 10.1. The Bertz CT molecular complexity index is 846. The molecule has 3 rings (SSSR count). The quantitative estimate of drug-likeness (QED) is 0.549. The summed E-state index contributed by atoms with van der Waals surface area (Å²) in [5, 5.41) is 3.87. The zero-order valence-electron chi connectivity index (χ0n) is 15.6. The lowest BCUT2D eigenvalue weighted by Gasteiger charge is -2.21. The lowest BCUT2D eigenvalue weighted by molar-refractivity contribution is -0.144. The summed E-state index contributed by atoms with van der Waals surface area (Å²) in [6.45, 7) is 5.68. The van der Waals surface area contributed by atoms with Gasteiger partial charge in [0.1, 0.15) is 6.54 Å². The maximum atomic E-state index is 12.7. The molecule has 1 aromatic heterocycles. The molecule has 1 atom stereocenters. The summed E-state index contributed by atoms with van der Waals surface area (Å²) in [6, 6.07) is 7.84. The highest BCUT2D eigenvalue weighted by Gasteiger charge is 2.47. The van der Waals surface area contributed by atoms with Crippen LogP contribution in [0.5, 0.6) is 0 Å². The molecule has 0 radical (unpaired) electrons. The maximum Gasteiger partial charge on any atom is 0.335 e. The van der Waals surface area contributed by atoms with Gasteiger partial charge < -0.3 is 4.52 Å². The molecule has 1 fully saturated rings. The molecule has 0 bridgehead atoms. The van der Waals surface area contributed by atoms with E-state index in [4.69, 9.17) is 4.52 Å². The second-order valence-electron chi connectivity index (χ2n) is 6.97. The minimum Gasteiger partial charge on any atom is -0.337 e. The molecule has 0 spiro atoms. The van der Waals surface area contributed by atoms with Gasteiger partial charge in [0.2, 0.25) is 5.89 Å². The fourth-order valence-corrected chi connectivity index (χ4v) is 2.89. The number of hydrogen-bond donors (Lipinski definition) is 0. The SMILES string of the molecule is CC(C)CCc1noc(CN2C(=O)C(=O)N(C(C)c3ccccc3)C2=O)n1. The van der Waals surface area contributed by atoms with Gasteiger partial charge in [0.05, 0.1) is 6.04 Å². The van der Waals surface area contributed by atoms with Gasteiger partial charge in [-0.3, -0.25) is 9.59 Å². The van der Waals surface area contributed by atoms with Crippen LogP contribution in [0.1, 0.15) is 50.5 Å². The zero-order chi connectivity index (χ0) is 19.6. The van der Waals surface area contributed by atoms with Crippen molar-refractivity contribution in [3.8, 4) is 0 Å². The van der Waals surface area contributed by atoms with Crippen molar-refractivity contribution in [3.63, 3.8) is 0 Å². The van der Waals surface area contributed by atoms with Gasteiger partial charge in [0.15, 0.2) is 5.82 Å². The standard InChI is InChI=1S/C19H22N4O4/c1-12(2)9-10-15-20-16(27-21-15)11-22-17(24)18(25)23(19(22)26)13(3)14-7-5-4-6-8-14/h4-8,12-13H,9-11H2,1-3H3. The number of imide groups is 2. The topological polar surface area (TPSA) is 96.6 Å². The van der Waals surface area contributed by atoms with E-state index in [9.17, 15) is 14.4 Å². The average molecular weight is 370 g/mol. The Kier molecular flexibility index (Phi) is 5.34. The smallest absolute Gasteiger partial charge is 0.335 e. The van der Waals surface area contributed by atoms with Crippen molar-refractivity contribution in [2.75, 3.05) is 0 Å². The molecule has 0 saturated carbocycles. The Labute approximate surface area is 157 Å². The first-order chi connectivity index (χ1) is 12.9. The number of nitrogens with zero attached hydrogens (tertiary/aromatic N) is 4. The van der Waals surface area contributed by atoms with Gasteiger partial charge in [-0.2, -0.15) is 4.98 Å². The van der Waals surface area contributed by atoms with E-state index in [2.05, 4.69) is 24.0 Å². The molecule has 1 aliphatic rings. The Morgan fingerprint density at radius 3 is 2.41 bits per heavy atom. The molecule has 0 aliphatic carbocycles. The van der Waals surface area contributed by atoms with Crippen molar-refractivity contribution < 1.29 is 18.9 Å². The molecule has 27 heavy (non-hydrogen) atoms. The summed E-state index contributed by atoms with van der Waals surface area (Å²) in [4.78, 5) is 43.4. The van der Waals surface area contributed by atoms with Crippen molar-refractivity contribution in [1.29, 1.82) is 0 Å². The van der Waals surface area contributed by atoms with E-state index in [0.29, 0.717) is 18.2 Å². The Morgan fingerprint density at radius 2 is 1.74 bits per heavy atom. The number of carbonyl (C=O) groups is 3. The second kappa shape index (κ2) is 7.69. The molecular formula is C19H22N4O4. The van der Waals surface area contributed by atoms with Gasteiger partial charge >= 0.3 is 17.8 Å². The largest absolute Gasteiger partial charge is 0.337 e. The summed E-state index contributed by atoms with van der Waals surface area (Å²) >= 11 is 0. The Hall–Kier alpha value is -3.03. The molecule has 1 aromatic carbocycles. The number of aromatic nitrogens is 2. The molecule has 0 N–H and O–H groups in total. The van der Waals surface area contributed by atoms with Crippen molar-refractivity contribution >= 4 is 17.8 Å². The van der Waals surface area contributed by atoms with Crippen molar-refractivity contribution in [1.82, 2.24) is 19.9 Å². The van der Waals surface area contributed by atoms with E-state index in [0.717, 1.165) is 21.8 Å². The van der Waals surface area contributed by atoms with Crippen LogP contribution in [0.3, 0.4) is 0 Å². The fourth-order valence-electron chi connectivity index (χ4n) is 2.89. The molecule has 8 heteroatoms. The molecule has 2 aromatic rings. The number of benzene rings is 1. The monoisotopic (exact) mass is 370 g/mol. The molecule has 1 unspecified atom stereocenters. The van der Waals surface area contributed by atoms with Gasteiger partial charge in [-0.15, -0.1) is 0 Å². The molecular weight excluding hydrogens is 348 g/mol. The molecule has 1 saturated heterocycles. The van der Waals surface area contributed by atoms with E-state index >= 15 is 0 Å². The van der Waals surface area contributed by atoms with Crippen LogP contribution in [0, 0.1) is 5.92 Å². The first-order valence-electron chi connectivity index (χ1n) is 8.94. The highest BCUT2D eigenvalue weighted by molar-refractivity contribution is 6.44. The molecule has 2 heterocycles. The third-order valence-electron chi connectivity index (χ3n) is 4.50. The third-order valence-corrected chi connectivity index (χ3v) is 4.50. The number of hydrogen-bond acceptors (Lipinski definition) is 6. The first-order valence-corrected chi connectivity index (χ1v) is 8.94. The van der Waals surface area contributed by atoms with Crippen LogP contribution >= 0.6 is 0 Å². The number of aryl methyl sites for hydroxylation is 1. The second-order valence-corrected chi connectivity index (χ2v) is 6.97. The average Bonchev–Trinajstić information content (AvgIpc) is 3.19. The van der Waals surface area contributed by atoms with Crippen LogP contribution in [-0.4, -0.2) is 37.8 Å². The number of amides is 4. The van der Waals surface area contributed by atoms with Crippen molar-refractivity contribution in [3.05, 3.63) is 47.6 Å². The highest BCUT2D eigenvalue weighted by Crippen LogP contribution is 2.27. The van der Waals surface area contributed by atoms with Crippen LogP contribution in [-0.2, 0) is 22.6 Å². The molecule has 1 aliphatic heterocycles. The van der Waals surface area contributed by atoms with E-state index in [1.165, 1.54) is 0 Å². The summed E-state index contributed by atoms with van der Waals surface area (Å²) in [5.74, 6) is -0.573. The minimum absolute atomic E-state index is 0.137. The van der Waals surface area contributed by atoms with Crippen LogP contribution < -0.4 is 0 Å². The van der Waals surface area contributed by atoms with Gasteiger partial charge in [0, 0.05) is 6.42 Å². The normalized spacial score (nSPS) is 15.9. The third kappa shape index (κ3) is 3.89. The van der Waals surface area contributed by atoms with E-state index in [1.807, 2.05) is 18.2 Å². The number of carbonyl (C=O) groups excluding carboxylic acids is 3. The minimum atomic E-state index is -0.885. The fraction of sp³-hybridized carbons (Fsp3) is 0.421. The predicted molar refractivity (Wildman–Crippen MR) is 95.1 cm³/mol. The summed E-state index contributed by atoms with van der Waals surface area (Å²) in [5.41, 5.74) is 0.766. The summed E-state index contributed by atoms with van der Waals surface area (Å²) in [7, 11) is 0. The summed E-state index contributed by atoms with van der Waals surface area (Å²) in [6.07, 6.45) is 1.56. The van der Waals surface area contributed by atoms with Crippen LogP contribution in [0.2, 0.25) is 0 Å². The van der Waals surface area contributed by atoms with Gasteiger partial charge in [0.25, 0.3) is 0 Å². The Balaban J connectivity index is 1.73. The number of rotatable bonds is 7. The van der Waals surface area contributed by atoms with Crippen LogP contribution in [0.25, 0.3) is 0 Å². The molecule has 8 nitrogen and oxygen atoms in total. The molecule has 142 valence electrons. The Morgan fingerprint density at radius 1 is 1.04 bits per heavy atom. The van der Waals surface area contributed by atoms with Gasteiger partial charge in [-0.25, -0.2) is 14.6 Å². The van der Waals surface area contributed by atoms with Crippen molar-refractivity contribution in [2.24, 2.45) is 5.92 Å². The number of urea groups is 1. The van der Waals surface area contributed by atoms with Gasteiger partial charge in [-0.05, 0) is 24.8 Å². The highest BCUT2D eigenvalue weighted by atomic mass is 16.5. The zero-order valence-corrected chi connectivity index (χ0v) is 15.6. The van der Waals surface area contributed by atoms with E-state index in [-0.39, 0.29) is 12.4 Å². The van der Waals surface area contributed by atoms with Crippen LogP contribution in [0.4, 0.5) is 4.79 Å². The van der Waals surface area contributed by atoms with Gasteiger partial charge in [-0.1, -0.05) is 49.3 Å². The summed E-state index contributed by atoms with van der Waals surface area (Å²) < 4.78 is 5.13. The lowest BCUT2D eigenvalue weighted by Crippen LogP contribution is -2.35. The van der Waals surface area contributed by atoms with E-state index < -0.39 is 23.9 Å². The predicted octanol–water partition coefficient (Wildman–Crippen LogP) is 2.71. The molecule has 4 amide bonds.